The van der Waals surface area contributed by atoms with Gasteiger partial charge in [0.05, 0.1) is 6.04 Å². The van der Waals surface area contributed by atoms with Gasteiger partial charge in [-0.1, -0.05) is 37.3 Å². The Morgan fingerprint density at radius 2 is 1.92 bits per heavy atom. The van der Waals surface area contributed by atoms with Gasteiger partial charge in [-0.05, 0) is 39.2 Å². The monoisotopic (exact) mass is 361 g/mol. The molecule has 0 aromatic heterocycles. The lowest BCUT2D eigenvalue weighted by atomic mass is 10.0. The summed E-state index contributed by atoms with van der Waals surface area (Å²) in [6, 6.07) is 9.35. The van der Waals surface area contributed by atoms with E-state index in [4.69, 9.17) is 9.47 Å². The third-order valence-corrected chi connectivity index (χ3v) is 4.14. The minimum atomic E-state index is -0.611. The van der Waals surface area contributed by atoms with E-state index >= 15 is 0 Å². The number of benzene rings is 1. The number of imide groups is 1. The van der Waals surface area contributed by atoms with E-state index in [1.54, 1.807) is 27.7 Å². The molecule has 0 spiro atoms. The number of hydrogen-bond acceptors (Lipinski definition) is 5. The first-order valence-electron chi connectivity index (χ1n) is 8.93. The van der Waals surface area contributed by atoms with Crippen molar-refractivity contribution < 1.29 is 23.9 Å². The van der Waals surface area contributed by atoms with Crippen LogP contribution < -0.4 is 0 Å². The maximum atomic E-state index is 12.7. The van der Waals surface area contributed by atoms with Gasteiger partial charge in [-0.2, -0.15) is 0 Å². The summed E-state index contributed by atoms with van der Waals surface area (Å²) in [5.74, 6) is -1.12. The topological polar surface area (TPSA) is 72.9 Å². The summed E-state index contributed by atoms with van der Waals surface area (Å²) < 4.78 is 10.3. The van der Waals surface area contributed by atoms with Crippen molar-refractivity contribution in [3.05, 3.63) is 35.9 Å². The highest BCUT2D eigenvalue weighted by molar-refractivity contribution is 5.94. The second kappa shape index (κ2) is 8.34. The van der Waals surface area contributed by atoms with Crippen LogP contribution in [0.4, 0.5) is 4.79 Å². The van der Waals surface area contributed by atoms with Gasteiger partial charge in [0.1, 0.15) is 12.2 Å². The Labute approximate surface area is 154 Å². The summed E-state index contributed by atoms with van der Waals surface area (Å²) in [6.45, 7) is 7.31. The lowest BCUT2D eigenvalue weighted by Crippen LogP contribution is -2.43. The smallest absolute Gasteiger partial charge is 0.416 e. The molecule has 1 fully saturated rings. The zero-order chi connectivity index (χ0) is 19.3. The van der Waals surface area contributed by atoms with Crippen LogP contribution in [0.15, 0.2) is 30.3 Å². The highest BCUT2D eigenvalue weighted by Gasteiger charge is 2.39. The summed E-state index contributed by atoms with van der Waals surface area (Å²) in [6.07, 6.45) is 0.406. The summed E-state index contributed by atoms with van der Waals surface area (Å²) in [5.41, 5.74) is 0.485. The Morgan fingerprint density at radius 3 is 2.54 bits per heavy atom. The number of amides is 2. The van der Waals surface area contributed by atoms with E-state index in [9.17, 15) is 14.4 Å². The maximum Gasteiger partial charge on any atom is 0.416 e. The SMILES string of the molecule is C[C@H](CCC(=O)OC(C)(C)C)C(=O)N1C(=O)OC[C@@H]1Cc1ccccc1. The standard InChI is InChI=1S/C20H27NO5/c1-14(10-11-17(22)26-20(2,3)4)18(23)21-16(13-25-19(21)24)12-15-8-6-5-7-9-15/h5-9,14,16H,10-13H2,1-4H3/t14-,16+/m1/s1. The molecule has 1 aliphatic rings. The fourth-order valence-corrected chi connectivity index (χ4v) is 2.85. The predicted molar refractivity (Wildman–Crippen MR) is 96.4 cm³/mol. The van der Waals surface area contributed by atoms with Crippen LogP contribution in [0.3, 0.4) is 0 Å². The number of nitrogens with zero attached hydrogens (tertiary/aromatic N) is 1. The molecule has 1 aromatic rings. The summed E-state index contributed by atoms with van der Waals surface area (Å²) in [4.78, 5) is 37.8. The van der Waals surface area contributed by atoms with Gasteiger partial charge in [0.25, 0.3) is 0 Å². The molecule has 0 aliphatic carbocycles. The van der Waals surface area contributed by atoms with Gasteiger partial charge in [0.15, 0.2) is 0 Å². The predicted octanol–water partition coefficient (Wildman–Crippen LogP) is 3.33. The molecule has 1 aromatic carbocycles. The first-order valence-corrected chi connectivity index (χ1v) is 8.93. The molecule has 1 aliphatic heterocycles. The van der Waals surface area contributed by atoms with Crippen molar-refractivity contribution in [1.82, 2.24) is 4.90 Å². The maximum absolute atomic E-state index is 12.7. The third kappa shape index (κ3) is 5.58. The fourth-order valence-electron chi connectivity index (χ4n) is 2.85. The van der Waals surface area contributed by atoms with Crippen molar-refractivity contribution in [3.63, 3.8) is 0 Å². The van der Waals surface area contributed by atoms with Crippen LogP contribution in [0, 0.1) is 5.92 Å². The van der Waals surface area contributed by atoms with Crippen LogP contribution in [0.1, 0.15) is 46.1 Å². The molecule has 0 bridgehead atoms. The molecule has 1 saturated heterocycles. The molecule has 6 nitrogen and oxygen atoms in total. The Hall–Kier alpha value is -2.37. The fraction of sp³-hybridized carbons (Fsp3) is 0.550. The van der Waals surface area contributed by atoms with Crippen molar-refractivity contribution in [3.8, 4) is 0 Å². The minimum Gasteiger partial charge on any atom is -0.460 e. The zero-order valence-electron chi connectivity index (χ0n) is 15.9. The van der Waals surface area contributed by atoms with Crippen molar-refractivity contribution >= 4 is 18.0 Å². The normalized spacial score (nSPS) is 18.4. The zero-order valence-corrected chi connectivity index (χ0v) is 15.9. The van der Waals surface area contributed by atoms with Crippen LogP contribution in [0.2, 0.25) is 0 Å². The number of carbonyl (C=O) groups excluding carboxylic acids is 3. The first kappa shape index (κ1) is 19.9. The van der Waals surface area contributed by atoms with Gasteiger partial charge < -0.3 is 9.47 Å². The highest BCUT2D eigenvalue weighted by atomic mass is 16.6. The summed E-state index contributed by atoms with van der Waals surface area (Å²) >= 11 is 0. The Kier molecular flexibility index (Phi) is 6.40. The van der Waals surface area contributed by atoms with E-state index < -0.39 is 17.6 Å². The Bertz CT molecular complexity index is 650. The number of ether oxygens (including phenoxy) is 2. The van der Waals surface area contributed by atoms with Gasteiger partial charge >= 0.3 is 12.1 Å². The minimum absolute atomic E-state index is 0.135. The number of rotatable bonds is 6. The van der Waals surface area contributed by atoms with Gasteiger partial charge in [0, 0.05) is 12.3 Å². The summed E-state index contributed by atoms with van der Waals surface area (Å²) in [7, 11) is 0. The van der Waals surface area contributed by atoms with Gasteiger partial charge in [-0.25, -0.2) is 9.69 Å². The molecule has 0 saturated carbocycles. The lowest BCUT2D eigenvalue weighted by Gasteiger charge is -2.23. The number of carbonyl (C=O) groups is 3. The van der Waals surface area contributed by atoms with E-state index in [0.29, 0.717) is 12.8 Å². The molecule has 0 N–H and O–H groups in total. The van der Waals surface area contributed by atoms with Crippen LogP contribution in [0.5, 0.6) is 0 Å². The molecule has 6 heteroatoms. The van der Waals surface area contributed by atoms with Crippen molar-refractivity contribution in [1.29, 1.82) is 0 Å². The van der Waals surface area contributed by atoms with Crippen molar-refractivity contribution in [2.45, 2.75) is 58.6 Å². The number of hydrogen-bond donors (Lipinski definition) is 0. The van der Waals surface area contributed by atoms with Gasteiger partial charge in [-0.3, -0.25) is 9.59 Å². The van der Waals surface area contributed by atoms with E-state index in [1.807, 2.05) is 30.3 Å². The molecule has 26 heavy (non-hydrogen) atoms. The Balaban J connectivity index is 1.94. The van der Waals surface area contributed by atoms with E-state index in [-0.39, 0.29) is 30.9 Å². The van der Waals surface area contributed by atoms with E-state index in [1.165, 1.54) is 4.90 Å². The molecule has 2 amide bonds. The van der Waals surface area contributed by atoms with Gasteiger partial charge in [-0.15, -0.1) is 0 Å². The second-order valence-corrected chi connectivity index (χ2v) is 7.65. The van der Waals surface area contributed by atoms with Crippen LogP contribution in [0.25, 0.3) is 0 Å². The van der Waals surface area contributed by atoms with Crippen molar-refractivity contribution in [2.24, 2.45) is 5.92 Å². The molecule has 1 heterocycles. The van der Waals surface area contributed by atoms with Crippen molar-refractivity contribution in [2.75, 3.05) is 6.61 Å². The molecule has 142 valence electrons. The van der Waals surface area contributed by atoms with Crippen LogP contribution in [-0.4, -0.2) is 41.1 Å². The molecular weight excluding hydrogens is 334 g/mol. The first-order chi connectivity index (χ1) is 12.2. The molecule has 2 atom stereocenters. The Morgan fingerprint density at radius 1 is 1.27 bits per heavy atom. The lowest BCUT2D eigenvalue weighted by molar-refractivity contribution is -0.155. The molecular formula is C20H27NO5. The number of esters is 1. The van der Waals surface area contributed by atoms with Gasteiger partial charge in [0.2, 0.25) is 5.91 Å². The van der Waals surface area contributed by atoms with E-state index in [2.05, 4.69) is 0 Å². The van der Waals surface area contributed by atoms with Crippen LogP contribution >= 0.6 is 0 Å². The molecule has 0 unspecified atom stereocenters. The van der Waals surface area contributed by atoms with Crippen LogP contribution in [-0.2, 0) is 25.5 Å². The highest BCUT2D eigenvalue weighted by Crippen LogP contribution is 2.22. The second-order valence-electron chi connectivity index (χ2n) is 7.65. The van der Waals surface area contributed by atoms with E-state index in [0.717, 1.165) is 5.56 Å². The molecule has 0 radical (unpaired) electrons. The third-order valence-electron chi connectivity index (χ3n) is 4.14. The quantitative estimate of drug-likeness (QED) is 0.727. The molecule has 2 rings (SSSR count). The summed E-state index contributed by atoms with van der Waals surface area (Å²) in [5, 5.41) is 0. The average Bonchev–Trinajstić information content (AvgIpc) is 2.91. The average molecular weight is 361 g/mol. The number of cyclic esters (lactones) is 1. The largest absolute Gasteiger partial charge is 0.460 e.